The van der Waals surface area contributed by atoms with Gasteiger partial charge in [-0.15, -0.1) is 0 Å². The minimum Gasteiger partial charge on any atom is -0.478 e. The van der Waals surface area contributed by atoms with Crippen LogP contribution in [0.3, 0.4) is 0 Å². The van der Waals surface area contributed by atoms with Crippen molar-refractivity contribution in [3.05, 3.63) is 53.1 Å². The van der Waals surface area contributed by atoms with Crippen LogP contribution in [0.25, 0.3) is 0 Å². The Kier molecular flexibility index (Phi) is 14.9. The van der Waals surface area contributed by atoms with E-state index in [0.717, 1.165) is 37.0 Å². The number of carbonyl (C=O) groups is 3. The average molecular weight is 500 g/mol. The summed E-state index contributed by atoms with van der Waals surface area (Å²) >= 11 is 0. The second-order valence-electron chi connectivity index (χ2n) is 8.59. The minimum atomic E-state index is -1.37. The molecule has 0 saturated carbocycles. The van der Waals surface area contributed by atoms with Crippen LogP contribution in [-0.4, -0.2) is 42.8 Å². The van der Waals surface area contributed by atoms with Gasteiger partial charge in [0.2, 0.25) is 0 Å². The maximum atomic E-state index is 10.6. The molecule has 36 heavy (non-hydrogen) atoms. The molecule has 9 heteroatoms. The standard InChI is InChI=1S/C18H31N3.C9H6O6/c1-2-3-4-5-6-7-8-9-10-11-13-18-20-15-17-21(18)16-12-14-19;10-7(11)4-1-5(8(12)13)3-6(2-4)9(14)15/h15,17H,2-13,16H2,1H3;1-3H,(H,10,11)(H,12,13)(H,14,15). The largest absolute Gasteiger partial charge is 0.478 e. The first-order valence-corrected chi connectivity index (χ1v) is 12.5. The van der Waals surface area contributed by atoms with E-state index in [9.17, 15) is 14.4 Å². The molecule has 0 saturated heterocycles. The smallest absolute Gasteiger partial charge is 0.335 e. The Bertz CT molecular complexity index is 930. The van der Waals surface area contributed by atoms with Crippen LogP contribution in [0.1, 0.15) is 114 Å². The number of carboxylic acid groups (broad SMARTS) is 3. The van der Waals surface area contributed by atoms with Crippen molar-refractivity contribution < 1.29 is 29.7 Å². The number of benzene rings is 1. The number of carboxylic acids is 3. The van der Waals surface area contributed by atoms with Gasteiger partial charge < -0.3 is 19.9 Å². The van der Waals surface area contributed by atoms with Gasteiger partial charge in [-0.25, -0.2) is 19.4 Å². The Hall–Kier alpha value is -3.67. The van der Waals surface area contributed by atoms with Crippen molar-refractivity contribution in [1.82, 2.24) is 9.55 Å². The zero-order chi connectivity index (χ0) is 26.8. The Morgan fingerprint density at radius 3 is 1.67 bits per heavy atom. The van der Waals surface area contributed by atoms with Gasteiger partial charge in [0.1, 0.15) is 5.82 Å². The maximum Gasteiger partial charge on any atom is 0.335 e. The third-order valence-electron chi connectivity index (χ3n) is 5.69. The summed E-state index contributed by atoms with van der Waals surface area (Å²) in [6, 6.07) is 4.89. The molecule has 0 spiro atoms. The summed E-state index contributed by atoms with van der Waals surface area (Å²) in [6.07, 6.45) is 19.1. The molecule has 2 rings (SSSR count). The number of hydrogen-bond donors (Lipinski definition) is 3. The molecule has 9 nitrogen and oxygen atoms in total. The lowest BCUT2D eigenvalue weighted by molar-refractivity contribution is 0.0696. The van der Waals surface area contributed by atoms with Gasteiger partial charge in [-0.05, 0) is 24.6 Å². The van der Waals surface area contributed by atoms with Gasteiger partial charge >= 0.3 is 17.9 Å². The lowest BCUT2D eigenvalue weighted by atomic mass is 10.1. The van der Waals surface area contributed by atoms with E-state index < -0.39 is 17.9 Å². The number of nitriles is 1. The second kappa shape index (κ2) is 17.7. The molecule has 196 valence electrons. The van der Waals surface area contributed by atoms with Gasteiger partial charge in [0.05, 0.1) is 29.2 Å². The summed E-state index contributed by atoms with van der Waals surface area (Å²) in [5, 5.41) is 34.5. The molecule has 1 aromatic heterocycles. The summed E-state index contributed by atoms with van der Waals surface area (Å²) in [4.78, 5) is 36.1. The van der Waals surface area contributed by atoms with Crippen molar-refractivity contribution >= 4 is 17.9 Å². The molecule has 0 aliphatic heterocycles. The zero-order valence-electron chi connectivity index (χ0n) is 21.0. The molecule has 0 fully saturated rings. The first-order valence-electron chi connectivity index (χ1n) is 12.5. The predicted octanol–water partition coefficient (Wildman–Crippen LogP) is 6.04. The molecule has 0 atom stereocenters. The summed E-state index contributed by atoms with van der Waals surface area (Å²) in [5.74, 6) is -2.98. The molecule has 0 amide bonds. The summed E-state index contributed by atoms with van der Waals surface area (Å²) in [6.45, 7) is 3.05. The van der Waals surface area contributed by atoms with E-state index in [1.807, 2.05) is 12.4 Å². The molecule has 0 bridgehead atoms. The third-order valence-corrected chi connectivity index (χ3v) is 5.69. The number of aryl methyl sites for hydroxylation is 2. The average Bonchev–Trinajstić information content (AvgIpc) is 3.31. The van der Waals surface area contributed by atoms with Crippen molar-refractivity contribution in [2.45, 2.75) is 90.5 Å². The molecule has 1 aromatic carbocycles. The highest BCUT2D eigenvalue weighted by Gasteiger charge is 2.14. The first-order chi connectivity index (χ1) is 17.3. The fourth-order valence-electron chi connectivity index (χ4n) is 3.71. The van der Waals surface area contributed by atoms with E-state index in [-0.39, 0.29) is 16.7 Å². The molecular formula is C27H37N3O6. The van der Waals surface area contributed by atoms with Crippen molar-refractivity contribution in [2.24, 2.45) is 0 Å². The van der Waals surface area contributed by atoms with Crippen molar-refractivity contribution in [3.8, 4) is 6.07 Å². The van der Waals surface area contributed by atoms with Gasteiger partial charge in [-0.2, -0.15) is 5.26 Å². The highest BCUT2D eigenvalue weighted by Crippen LogP contribution is 2.13. The Morgan fingerprint density at radius 2 is 1.25 bits per heavy atom. The number of unbranched alkanes of at least 4 members (excludes halogenated alkanes) is 9. The van der Waals surface area contributed by atoms with Crippen molar-refractivity contribution in [2.75, 3.05) is 0 Å². The van der Waals surface area contributed by atoms with Crippen molar-refractivity contribution in [1.29, 1.82) is 5.26 Å². The highest BCUT2D eigenvalue weighted by molar-refractivity contribution is 5.98. The zero-order valence-corrected chi connectivity index (χ0v) is 21.0. The van der Waals surface area contributed by atoms with E-state index in [0.29, 0.717) is 6.42 Å². The number of rotatable bonds is 16. The van der Waals surface area contributed by atoms with Gasteiger partial charge in [0, 0.05) is 25.4 Å². The van der Waals surface area contributed by atoms with E-state index in [4.69, 9.17) is 20.6 Å². The first kappa shape index (κ1) is 30.4. The van der Waals surface area contributed by atoms with Crippen LogP contribution in [0, 0.1) is 11.3 Å². The summed E-state index contributed by atoms with van der Waals surface area (Å²) in [5.41, 5.74) is -1.10. The lowest BCUT2D eigenvalue weighted by Crippen LogP contribution is -2.07. The lowest BCUT2D eigenvalue weighted by Gasteiger charge is -2.05. The van der Waals surface area contributed by atoms with Crippen LogP contribution < -0.4 is 0 Å². The number of aromatic carboxylic acids is 3. The molecule has 1 heterocycles. The molecule has 2 aromatic rings. The highest BCUT2D eigenvalue weighted by atomic mass is 16.4. The number of aromatic nitrogens is 2. The van der Waals surface area contributed by atoms with Crippen LogP contribution >= 0.6 is 0 Å². The fourth-order valence-corrected chi connectivity index (χ4v) is 3.71. The van der Waals surface area contributed by atoms with Crippen LogP contribution in [-0.2, 0) is 13.0 Å². The van der Waals surface area contributed by atoms with E-state index in [1.165, 1.54) is 64.2 Å². The predicted molar refractivity (Wildman–Crippen MR) is 135 cm³/mol. The summed E-state index contributed by atoms with van der Waals surface area (Å²) < 4.78 is 2.12. The second-order valence-corrected chi connectivity index (χ2v) is 8.59. The van der Waals surface area contributed by atoms with Gasteiger partial charge in [0.15, 0.2) is 0 Å². The Balaban J connectivity index is 0.000000381. The monoisotopic (exact) mass is 499 g/mol. The number of nitrogens with zero attached hydrogens (tertiary/aromatic N) is 3. The normalized spacial score (nSPS) is 10.2. The molecule has 0 radical (unpaired) electrons. The Morgan fingerprint density at radius 1 is 0.806 bits per heavy atom. The topological polar surface area (TPSA) is 154 Å². The SMILES string of the molecule is CCCCCCCCCCCCc1nccn1CCC#N.O=C(O)c1cc(C(=O)O)cc(C(=O)O)c1. The van der Waals surface area contributed by atoms with Gasteiger partial charge in [-0.1, -0.05) is 64.7 Å². The van der Waals surface area contributed by atoms with E-state index >= 15 is 0 Å². The van der Waals surface area contributed by atoms with Crippen molar-refractivity contribution in [3.63, 3.8) is 0 Å². The molecule has 0 aliphatic rings. The van der Waals surface area contributed by atoms with Crippen LogP contribution in [0.5, 0.6) is 0 Å². The molecule has 0 unspecified atom stereocenters. The van der Waals surface area contributed by atoms with Crippen LogP contribution in [0.4, 0.5) is 0 Å². The van der Waals surface area contributed by atoms with E-state index in [2.05, 4.69) is 22.5 Å². The fraction of sp³-hybridized carbons (Fsp3) is 0.519. The number of imidazole rings is 1. The summed E-state index contributed by atoms with van der Waals surface area (Å²) in [7, 11) is 0. The van der Waals surface area contributed by atoms with Gasteiger partial charge in [0.25, 0.3) is 0 Å². The quantitative estimate of drug-likeness (QED) is 0.236. The third kappa shape index (κ3) is 12.2. The molecular weight excluding hydrogens is 462 g/mol. The Labute approximate surface area is 212 Å². The van der Waals surface area contributed by atoms with E-state index in [1.54, 1.807) is 0 Å². The van der Waals surface area contributed by atoms with Gasteiger partial charge in [-0.3, -0.25) is 0 Å². The van der Waals surface area contributed by atoms with Crippen LogP contribution in [0.2, 0.25) is 0 Å². The number of hydrogen-bond acceptors (Lipinski definition) is 5. The maximum absolute atomic E-state index is 10.6. The minimum absolute atomic E-state index is 0.368. The van der Waals surface area contributed by atoms with Crippen LogP contribution in [0.15, 0.2) is 30.6 Å². The molecule has 3 N–H and O–H groups in total. The molecule has 0 aliphatic carbocycles.